The number of rotatable bonds is 7. The molecule has 0 aromatic heterocycles. The van der Waals surface area contributed by atoms with Crippen LogP contribution in [0, 0.1) is 5.82 Å². The molecule has 5 heteroatoms. The van der Waals surface area contributed by atoms with Crippen molar-refractivity contribution >= 4 is 11.8 Å². The first-order chi connectivity index (χ1) is 13.6. The second-order valence-electron chi connectivity index (χ2n) is 7.31. The number of benzene rings is 2. The molecule has 3 rings (SSSR count). The minimum Gasteiger partial charge on any atom is -0.350 e. The summed E-state index contributed by atoms with van der Waals surface area (Å²) >= 11 is 0. The number of nitrogens with one attached hydrogen (secondary N) is 1. The largest absolute Gasteiger partial charge is 0.350 e. The molecule has 0 saturated carbocycles. The lowest BCUT2D eigenvalue weighted by Gasteiger charge is -2.26. The molecular formula is C23H27FN2O2. The van der Waals surface area contributed by atoms with Gasteiger partial charge in [-0.25, -0.2) is 4.39 Å². The van der Waals surface area contributed by atoms with Crippen LogP contribution in [0.5, 0.6) is 0 Å². The van der Waals surface area contributed by atoms with E-state index in [-0.39, 0.29) is 23.5 Å². The first kappa shape index (κ1) is 20.1. The van der Waals surface area contributed by atoms with E-state index in [9.17, 15) is 14.0 Å². The smallest absolute Gasteiger partial charge is 0.243 e. The molecule has 0 bridgehead atoms. The molecule has 0 spiro atoms. The second-order valence-corrected chi connectivity index (χ2v) is 7.31. The average molecular weight is 382 g/mol. The van der Waals surface area contributed by atoms with Crippen LogP contribution in [0.2, 0.25) is 0 Å². The highest BCUT2D eigenvalue weighted by Crippen LogP contribution is 2.27. The van der Waals surface area contributed by atoms with Crippen molar-refractivity contribution in [3.63, 3.8) is 0 Å². The molecule has 28 heavy (non-hydrogen) atoms. The Bertz CT molecular complexity index is 792. The Morgan fingerprint density at radius 1 is 1.14 bits per heavy atom. The summed E-state index contributed by atoms with van der Waals surface area (Å²) in [5.41, 5.74) is 2.00. The zero-order chi connectivity index (χ0) is 19.9. The predicted molar refractivity (Wildman–Crippen MR) is 107 cm³/mol. The number of hydrogen-bond donors (Lipinski definition) is 1. The van der Waals surface area contributed by atoms with E-state index in [1.165, 1.54) is 12.1 Å². The summed E-state index contributed by atoms with van der Waals surface area (Å²) in [5.74, 6) is -0.348. The minimum absolute atomic E-state index is 0.00599. The van der Waals surface area contributed by atoms with Gasteiger partial charge in [0, 0.05) is 19.5 Å². The summed E-state index contributed by atoms with van der Waals surface area (Å²) in [5, 5.41) is 2.96. The molecule has 1 aliphatic heterocycles. The van der Waals surface area contributed by atoms with Crippen molar-refractivity contribution < 1.29 is 14.0 Å². The fourth-order valence-electron chi connectivity index (χ4n) is 3.80. The van der Waals surface area contributed by atoms with Gasteiger partial charge in [0.2, 0.25) is 11.8 Å². The highest BCUT2D eigenvalue weighted by molar-refractivity contribution is 5.88. The van der Waals surface area contributed by atoms with Gasteiger partial charge in [0.05, 0.1) is 0 Å². The maximum atomic E-state index is 13.2. The molecule has 1 aliphatic rings. The predicted octanol–water partition coefficient (Wildman–Crippen LogP) is 4.02. The Hall–Kier alpha value is -2.69. The second kappa shape index (κ2) is 9.49. The van der Waals surface area contributed by atoms with Crippen molar-refractivity contribution in [2.45, 2.75) is 51.1 Å². The molecule has 148 valence electrons. The third-order valence-corrected chi connectivity index (χ3v) is 5.44. The fourth-order valence-corrected chi connectivity index (χ4v) is 3.80. The Morgan fingerprint density at radius 2 is 1.86 bits per heavy atom. The van der Waals surface area contributed by atoms with Gasteiger partial charge in [-0.3, -0.25) is 9.59 Å². The van der Waals surface area contributed by atoms with Gasteiger partial charge in [0.1, 0.15) is 11.9 Å². The van der Waals surface area contributed by atoms with Crippen molar-refractivity contribution in [3.05, 3.63) is 71.5 Å². The van der Waals surface area contributed by atoms with Crippen LogP contribution in [0.3, 0.4) is 0 Å². The van der Waals surface area contributed by atoms with Crippen LogP contribution in [0.1, 0.15) is 49.7 Å². The number of nitrogens with zero attached hydrogens (tertiary/aromatic N) is 1. The number of carbonyl (C=O) groups excluding carboxylic acids is 2. The average Bonchev–Trinajstić information content (AvgIpc) is 3.22. The van der Waals surface area contributed by atoms with E-state index in [1.54, 1.807) is 17.0 Å². The molecule has 1 saturated heterocycles. The Balaban J connectivity index is 1.60. The Morgan fingerprint density at radius 3 is 2.54 bits per heavy atom. The molecule has 0 radical (unpaired) electrons. The van der Waals surface area contributed by atoms with E-state index in [0.717, 1.165) is 24.0 Å². The van der Waals surface area contributed by atoms with Crippen LogP contribution in [0.25, 0.3) is 0 Å². The maximum absolute atomic E-state index is 13.2. The van der Waals surface area contributed by atoms with Crippen LogP contribution in [-0.4, -0.2) is 29.3 Å². The van der Waals surface area contributed by atoms with Crippen LogP contribution in [0.15, 0.2) is 54.6 Å². The van der Waals surface area contributed by atoms with E-state index >= 15 is 0 Å². The van der Waals surface area contributed by atoms with Crippen LogP contribution in [-0.2, 0) is 16.1 Å². The highest BCUT2D eigenvalue weighted by Gasteiger charge is 2.34. The third kappa shape index (κ3) is 4.97. The van der Waals surface area contributed by atoms with E-state index in [0.29, 0.717) is 25.9 Å². The molecule has 2 atom stereocenters. The normalized spacial score (nSPS) is 17.4. The van der Waals surface area contributed by atoms with Crippen molar-refractivity contribution in [1.82, 2.24) is 10.2 Å². The summed E-state index contributed by atoms with van der Waals surface area (Å²) in [6.07, 6.45) is 2.66. The number of amides is 2. The SMILES string of the molecule is CCC(CC(=O)N1CCC[C@H]1C(=O)NCc1ccccc1)c1ccc(F)cc1. The van der Waals surface area contributed by atoms with E-state index in [2.05, 4.69) is 5.32 Å². The minimum atomic E-state index is -0.401. The molecule has 1 heterocycles. The van der Waals surface area contributed by atoms with Gasteiger partial charge in [-0.2, -0.15) is 0 Å². The molecule has 2 amide bonds. The Kier molecular flexibility index (Phi) is 6.80. The molecule has 0 aliphatic carbocycles. The van der Waals surface area contributed by atoms with Crippen molar-refractivity contribution in [3.8, 4) is 0 Å². The molecule has 1 N–H and O–H groups in total. The quantitative estimate of drug-likeness (QED) is 0.786. The maximum Gasteiger partial charge on any atom is 0.243 e. The van der Waals surface area contributed by atoms with Crippen molar-refractivity contribution in [1.29, 1.82) is 0 Å². The summed E-state index contributed by atoms with van der Waals surface area (Å²) in [7, 11) is 0. The van der Waals surface area contributed by atoms with Gasteiger partial charge in [-0.15, -0.1) is 0 Å². The molecule has 2 aromatic rings. The molecule has 1 fully saturated rings. The lowest BCUT2D eigenvalue weighted by molar-refractivity contribution is -0.138. The highest BCUT2D eigenvalue weighted by atomic mass is 19.1. The standard InChI is InChI=1S/C23H27FN2O2/c1-2-18(19-10-12-20(24)13-11-19)15-22(27)26-14-6-9-21(26)23(28)25-16-17-7-4-3-5-8-17/h3-5,7-8,10-13,18,21H,2,6,9,14-16H2,1H3,(H,25,28)/t18?,21-/m0/s1. The van der Waals surface area contributed by atoms with Gasteiger partial charge >= 0.3 is 0 Å². The summed E-state index contributed by atoms with van der Waals surface area (Å²) in [6.45, 7) is 3.10. The summed E-state index contributed by atoms with van der Waals surface area (Å²) in [4.78, 5) is 27.3. The molecule has 1 unspecified atom stereocenters. The van der Waals surface area contributed by atoms with Gasteiger partial charge < -0.3 is 10.2 Å². The van der Waals surface area contributed by atoms with Gasteiger partial charge in [0.15, 0.2) is 0 Å². The number of carbonyl (C=O) groups is 2. The topological polar surface area (TPSA) is 49.4 Å². The van der Waals surface area contributed by atoms with Crippen LogP contribution in [0.4, 0.5) is 4.39 Å². The number of likely N-dealkylation sites (tertiary alicyclic amines) is 1. The molecule has 2 aromatic carbocycles. The molecular weight excluding hydrogens is 355 g/mol. The zero-order valence-corrected chi connectivity index (χ0v) is 16.2. The number of hydrogen-bond acceptors (Lipinski definition) is 2. The monoisotopic (exact) mass is 382 g/mol. The van der Waals surface area contributed by atoms with E-state index in [4.69, 9.17) is 0 Å². The fraction of sp³-hybridized carbons (Fsp3) is 0.391. The molecule has 4 nitrogen and oxygen atoms in total. The third-order valence-electron chi connectivity index (χ3n) is 5.44. The summed E-state index contributed by atoms with van der Waals surface area (Å²) < 4.78 is 13.2. The first-order valence-corrected chi connectivity index (χ1v) is 9.95. The zero-order valence-electron chi connectivity index (χ0n) is 16.2. The van der Waals surface area contributed by atoms with Crippen molar-refractivity contribution in [2.75, 3.05) is 6.54 Å². The van der Waals surface area contributed by atoms with Gasteiger partial charge in [0.25, 0.3) is 0 Å². The Labute approximate surface area is 165 Å². The van der Waals surface area contributed by atoms with E-state index in [1.807, 2.05) is 37.3 Å². The van der Waals surface area contributed by atoms with Crippen molar-refractivity contribution in [2.24, 2.45) is 0 Å². The lowest BCUT2D eigenvalue weighted by atomic mass is 9.92. The summed E-state index contributed by atoms with van der Waals surface area (Å²) in [6, 6.07) is 15.7. The van der Waals surface area contributed by atoms with Gasteiger partial charge in [-0.05, 0) is 48.4 Å². The first-order valence-electron chi connectivity index (χ1n) is 9.95. The van der Waals surface area contributed by atoms with E-state index < -0.39 is 6.04 Å². The number of halogens is 1. The van der Waals surface area contributed by atoms with Crippen LogP contribution < -0.4 is 5.32 Å². The van der Waals surface area contributed by atoms with Crippen LogP contribution >= 0.6 is 0 Å². The lowest BCUT2D eigenvalue weighted by Crippen LogP contribution is -2.46. The van der Waals surface area contributed by atoms with Gasteiger partial charge in [-0.1, -0.05) is 49.4 Å².